The van der Waals surface area contributed by atoms with Crippen LogP contribution in [0.25, 0.3) is 0 Å². The summed E-state index contributed by atoms with van der Waals surface area (Å²) in [6.45, 7) is 6.58. The quantitative estimate of drug-likeness (QED) is 0.327. The highest BCUT2D eigenvalue weighted by Gasteiger charge is 2.54. The molecular formula is C32H35NO3. The van der Waals surface area contributed by atoms with E-state index in [0.29, 0.717) is 5.56 Å². The molecule has 1 aliphatic carbocycles. The molecule has 3 aromatic carbocycles. The first kappa shape index (κ1) is 23.1. The second-order valence-electron chi connectivity index (χ2n) is 10.4. The minimum Gasteiger partial charge on any atom is -0.456 e. The largest absolute Gasteiger partial charge is 0.456 e. The average Bonchev–Trinajstić information content (AvgIpc) is 3.19. The number of fused-ring (bicyclic) bond motifs is 2. The third-order valence-corrected chi connectivity index (χ3v) is 8.03. The fourth-order valence-electron chi connectivity index (χ4n) is 6.18. The van der Waals surface area contributed by atoms with E-state index in [9.17, 15) is 4.79 Å². The molecule has 186 valence electrons. The molecule has 4 heteroatoms. The van der Waals surface area contributed by atoms with Crippen molar-refractivity contribution in [3.05, 3.63) is 88.0 Å². The molecular weight excluding hydrogens is 446 g/mol. The van der Waals surface area contributed by atoms with Crippen LogP contribution in [0.15, 0.2) is 54.6 Å². The molecule has 0 fully saturated rings. The molecule has 0 amide bonds. The summed E-state index contributed by atoms with van der Waals surface area (Å²) in [5, 5.41) is 0. The van der Waals surface area contributed by atoms with Gasteiger partial charge in [0.25, 0.3) is 0 Å². The summed E-state index contributed by atoms with van der Waals surface area (Å²) in [6.07, 6.45) is 8.84. The van der Waals surface area contributed by atoms with Gasteiger partial charge in [0, 0.05) is 36.0 Å². The summed E-state index contributed by atoms with van der Waals surface area (Å²) in [7, 11) is 0. The number of ether oxygens (including phenoxy) is 2. The van der Waals surface area contributed by atoms with Gasteiger partial charge in [0.05, 0.1) is 11.1 Å². The number of anilines is 1. The van der Waals surface area contributed by atoms with Crippen molar-refractivity contribution in [2.24, 2.45) is 0 Å². The smallest absolute Gasteiger partial charge is 0.340 e. The van der Waals surface area contributed by atoms with E-state index < -0.39 is 5.60 Å². The zero-order chi connectivity index (χ0) is 24.7. The number of hydrogen-bond acceptors (Lipinski definition) is 4. The first-order valence-corrected chi connectivity index (χ1v) is 13.7. The Bertz CT molecular complexity index is 1300. The van der Waals surface area contributed by atoms with E-state index in [1.54, 1.807) is 0 Å². The van der Waals surface area contributed by atoms with E-state index >= 15 is 0 Å². The van der Waals surface area contributed by atoms with E-state index in [-0.39, 0.29) is 5.97 Å². The van der Waals surface area contributed by atoms with E-state index in [2.05, 4.69) is 55.1 Å². The van der Waals surface area contributed by atoms with Crippen LogP contribution in [-0.2, 0) is 23.2 Å². The van der Waals surface area contributed by atoms with Crippen LogP contribution >= 0.6 is 0 Å². The molecule has 0 saturated heterocycles. The maximum Gasteiger partial charge on any atom is 0.340 e. The monoisotopic (exact) mass is 481 g/mol. The Labute approximate surface area is 214 Å². The van der Waals surface area contributed by atoms with Gasteiger partial charge in [-0.2, -0.15) is 0 Å². The van der Waals surface area contributed by atoms with Crippen LogP contribution in [0, 0.1) is 0 Å². The lowest BCUT2D eigenvalue weighted by molar-refractivity contribution is 0.0221. The third kappa shape index (κ3) is 3.61. The number of carbonyl (C=O) groups excluding carboxylic acids is 1. The Kier molecular flexibility index (Phi) is 5.99. The second kappa shape index (κ2) is 9.31. The van der Waals surface area contributed by atoms with Crippen LogP contribution in [-0.4, -0.2) is 19.1 Å². The first-order chi connectivity index (χ1) is 17.7. The number of aryl methyl sites for hydroxylation is 2. The van der Waals surface area contributed by atoms with E-state index in [0.717, 1.165) is 79.8 Å². The Hall–Kier alpha value is -3.27. The minimum atomic E-state index is -0.963. The molecule has 0 radical (unpaired) electrons. The number of nitrogens with zero attached hydrogens (tertiary/aromatic N) is 1. The summed E-state index contributed by atoms with van der Waals surface area (Å²) in [5.41, 5.74) is 6.32. The SMILES string of the molecule is CCCCN(CCCC)c1cc2c3c(c1)Oc1ccc(cc1C31OC(=O)c3ccccc31)CCCC2. The van der Waals surface area contributed by atoms with Gasteiger partial charge in [-0.1, -0.05) is 51.0 Å². The van der Waals surface area contributed by atoms with Crippen LogP contribution in [0.3, 0.4) is 0 Å². The molecule has 0 saturated carbocycles. The predicted octanol–water partition coefficient (Wildman–Crippen LogP) is 7.54. The van der Waals surface area contributed by atoms with Crippen molar-refractivity contribution in [2.45, 2.75) is 70.8 Å². The van der Waals surface area contributed by atoms with Crippen molar-refractivity contribution < 1.29 is 14.3 Å². The highest BCUT2D eigenvalue weighted by Crippen LogP contribution is 2.58. The Morgan fingerprint density at radius 3 is 2.44 bits per heavy atom. The van der Waals surface area contributed by atoms with E-state index in [1.165, 1.54) is 29.7 Å². The summed E-state index contributed by atoms with van der Waals surface area (Å²) in [6, 6.07) is 18.9. The summed E-state index contributed by atoms with van der Waals surface area (Å²) in [5.74, 6) is 1.35. The van der Waals surface area contributed by atoms with Gasteiger partial charge in [-0.15, -0.1) is 0 Å². The fourth-order valence-corrected chi connectivity index (χ4v) is 6.18. The van der Waals surface area contributed by atoms with Crippen LogP contribution in [0.1, 0.15) is 90.5 Å². The number of hydrogen-bond donors (Lipinski definition) is 0. The maximum absolute atomic E-state index is 13.3. The molecule has 3 bridgehead atoms. The molecule has 0 N–H and O–H groups in total. The average molecular weight is 482 g/mol. The highest BCUT2D eigenvalue weighted by atomic mass is 16.6. The normalized spacial score (nSPS) is 19.1. The predicted molar refractivity (Wildman–Crippen MR) is 143 cm³/mol. The van der Waals surface area contributed by atoms with Gasteiger partial charge in [0.15, 0.2) is 5.60 Å². The van der Waals surface area contributed by atoms with Crippen LogP contribution < -0.4 is 9.64 Å². The Morgan fingerprint density at radius 1 is 0.861 bits per heavy atom. The third-order valence-electron chi connectivity index (χ3n) is 8.03. The zero-order valence-electron chi connectivity index (χ0n) is 21.4. The van der Waals surface area contributed by atoms with Gasteiger partial charge in [0.2, 0.25) is 0 Å². The Balaban J connectivity index is 1.61. The Morgan fingerprint density at radius 2 is 1.64 bits per heavy atom. The van der Waals surface area contributed by atoms with E-state index in [1.807, 2.05) is 18.2 Å². The number of unbranched alkanes of at least 4 members (excludes halogenated alkanes) is 2. The summed E-state index contributed by atoms with van der Waals surface area (Å²) < 4.78 is 13.1. The molecule has 3 aliphatic rings. The second-order valence-corrected chi connectivity index (χ2v) is 10.4. The lowest BCUT2D eigenvalue weighted by Crippen LogP contribution is -2.35. The van der Waals surface area contributed by atoms with Gasteiger partial charge in [-0.3, -0.25) is 0 Å². The molecule has 0 aromatic heterocycles. The summed E-state index contributed by atoms with van der Waals surface area (Å²) in [4.78, 5) is 15.8. The molecule has 1 atom stereocenters. The van der Waals surface area contributed by atoms with Crippen molar-refractivity contribution in [3.8, 4) is 11.5 Å². The van der Waals surface area contributed by atoms with Crippen molar-refractivity contribution in [1.29, 1.82) is 0 Å². The molecule has 6 rings (SSSR count). The molecule has 1 spiro atoms. The number of carbonyl (C=O) groups is 1. The topological polar surface area (TPSA) is 38.8 Å². The number of benzene rings is 3. The van der Waals surface area contributed by atoms with Crippen LogP contribution in [0.5, 0.6) is 11.5 Å². The first-order valence-electron chi connectivity index (χ1n) is 13.7. The minimum absolute atomic E-state index is 0.255. The van der Waals surface area contributed by atoms with Crippen molar-refractivity contribution in [2.75, 3.05) is 18.0 Å². The molecule has 36 heavy (non-hydrogen) atoms. The van der Waals surface area contributed by atoms with Crippen LogP contribution in [0.2, 0.25) is 0 Å². The van der Waals surface area contributed by atoms with Gasteiger partial charge in [-0.25, -0.2) is 4.79 Å². The molecule has 4 nitrogen and oxygen atoms in total. The standard InChI is InChI=1S/C32H35NO3/c1-3-5-17-33(18-6-4-2)24-20-23-12-8-7-11-22-15-16-28-27(19-22)32(30(23)29(21-24)35-28)26-14-10-9-13-25(26)31(34)36-32/h9-10,13-16,19-21H,3-8,11-12,17-18H2,1-2H3. The number of esters is 1. The van der Waals surface area contributed by atoms with Crippen molar-refractivity contribution >= 4 is 11.7 Å². The van der Waals surface area contributed by atoms with E-state index in [4.69, 9.17) is 9.47 Å². The van der Waals surface area contributed by atoms with Crippen molar-refractivity contribution in [3.63, 3.8) is 0 Å². The highest BCUT2D eigenvalue weighted by molar-refractivity contribution is 5.97. The molecule has 2 heterocycles. The molecule has 2 aliphatic heterocycles. The molecule has 1 unspecified atom stereocenters. The van der Waals surface area contributed by atoms with Gasteiger partial charge in [-0.05, 0) is 73.9 Å². The van der Waals surface area contributed by atoms with Crippen LogP contribution in [0.4, 0.5) is 5.69 Å². The van der Waals surface area contributed by atoms with Gasteiger partial charge >= 0.3 is 5.97 Å². The maximum atomic E-state index is 13.3. The lowest BCUT2D eigenvalue weighted by Gasteiger charge is -2.39. The number of rotatable bonds is 7. The van der Waals surface area contributed by atoms with Gasteiger partial charge < -0.3 is 14.4 Å². The lowest BCUT2D eigenvalue weighted by atomic mass is 9.74. The zero-order valence-corrected chi connectivity index (χ0v) is 21.4. The van der Waals surface area contributed by atoms with Gasteiger partial charge in [0.1, 0.15) is 11.5 Å². The van der Waals surface area contributed by atoms with Crippen molar-refractivity contribution in [1.82, 2.24) is 0 Å². The fraction of sp³-hybridized carbons (Fsp3) is 0.406. The molecule has 3 aromatic rings. The summed E-state index contributed by atoms with van der Waals surface area (Å²) >= 11 is 0.